The van der Waals surface area contributed by atoms with E-state index < -0.39 is 0 Å². The maximum Gasteiger partial charge on any atom is 0.262 e. The highest BCUT2D eigenvalue weighted by molar-refractivity contribution is 7.18. The van der Waals surface area contributed by atoms with E-state index in [-0.39, 0.29) is 5.56 Å². The number of likely N-dealkylation sites (N-methyl/N-ethyl adjacent to an activating group) is 1. The molecule has 0 fully saturated rings. The van der Waals surface area contributed by atoms with Crippen LogP contribution in [0.25, 0.3) is 10.2 Å². The number of aromatic nitrogens is 4. The van der Waals surface area contributed by atoms with Gasteiger partial charge in [0.15, 0.2) is 5.82 Å². The van der Waals surface area contributed by atoms with Crippen molar-refractivity contribution >= 4 is 21.6 Å². The lowest BCUT2D eigenvalue weighted by atomic mass is 9.97. The van der Waals surface area contributed by atoms with Crippen LogP contribution in [0.15, 0.2) is 15.6 Å². The van der Waals surface area contributed by atoms with Crippen LogP contribution < -0.4 is 10.9 Å². The number of hydrogen-bond donors (Lipinski definition) is 1. The fourth-order valence-corrected chi connectivity index (χ4v) is 4.63. The average Bonchev–Trinajstić information content (AvgIpc) is 3.25. The first-order valence-corrected chi connectivity index (χ1v) is 9.95. The summed E-state index contributed by atoms with van der Waals surface area (Å²) < 4.78 is 6.98. The largest absolute Gasteiger partial charge is 0.339 e. The minimum Gasteiger partial charge on any atom is -0.339 e. The summed E-state index contributed by atoms with van der Waals surface area (Å²) >= 11 is 1.68. The lowest BCUT2D eigenvalue weighted by Crippen LogP contribution is -2.24. The Balaban J connectivity index is 1.53. The minimum atomic E-state index is 0.0537. The molecule has 4 rings (SSSR count). The fraction of sp³-hybridized carbons (Fsp3) is 0.556. The van der Waals surface area contributed by atoms with Crippen LogP contribution >= 0.6 is 11.3 Å². The van der Waals surface area contributed by atoms with Crippen LogP contribution in [0.3, 0.4) is 0 Å². The van der Waals surface area contributed by atoms with Gasteiger partial charge in [-0.1, -0.05) is 5.16 Å². The van der Waals surface area contributed by atoms with Crippen molar-refractivity contribution in [2.75, 3.05) is 7.05 Å². The Morgan fingerprint density at radius 2 is 2.23 bits per heavy atom. The summed E-state index contributed by atoms with van der Waals surface area (Å²) in [5, 5.41) is 7.98. The first-order chi connectivity index (χ1) is 12.7. The van der Waals surface area contributed by atoms with Crippen molar-refractivity contribution in [1.82, 2.24) is 25.0 Å². The van der Waals surface area contributed by atoms with Crippen LogP contribution in [0, 0.1) is 0 Å². The van der Waals surface area contributed by atoms with Crippen LogP contribution in [0.1, 0.15) is 41.9 Å². The number of fused-ring (bicyclic) bond motifs is 3. The molecule has 0 bridgehead atoms. The number of thiophene rings is 1. The molecule has 0 saturated carbocycles. The van der Waals surface area contributed by atoms with Crippen molar-refractivity contribution in [2.24, 2.45) is 0 Å². The van der Waals surface area contributed by atoms with Gasteiger partial charge in [-0.3, -0.25) is 9.36 Å². The molecule has 7 nitrogen and oxygen atoms in total. The summed E-state index contributed by atoms with van der Waals surface area (Å²) in [6.07, 6.45) is 7.32. The van der Waals surface area contributed by atoms with E-state index in [0.717, 1.165) is 29.5 Å². The standard InChI is InChI=1S/C18H23N5O2S/c1-11(19-2)9-14-21-15(25-22-14)7-8-23-10-20-17-16(18(23)24)12-5-3-4-6-13(12)26-17/h10-11,19H,3-9H2,1-2H3. The highest BCUT2D eigenvalue weighted by Crippen LogP contribution is 2.33. The molecule has 0 spiro atoms. The molecule has 1 unspecified atom stereocenters. The third-order valence-electron chi connectivity index (χ3n) is 5.00. The average molecular weight is 373 g/mol. The van der Waals surface area contributed by atoms with Crippen LogP contribution in [0.4, 0.5) is 0 Å². The number of nitrogens with one attached hydrogen (secondary N) is 1. The topological polar surface area (TPSA) is 85.8 Å². The second kappa shape index (κ2) is 7.28. The molecule has 1 aliphatic rings. The highest BCUT2D eigenvalue weighted by Gasteiger charge is 2.20. The molecular formula is C18H23N5O2S. The van der Waals surface area contributed by atoms with E-state index >= 15 is 0 Å². The minimum absolute atomic E-state index is 0.0537. The Morgan fingerprint density at radius 3 is 3.08 bits per heavy atom. The van der Waals surface area contributed by atoms with Crippen molar-refractivity contribution in [3.05, 3.63) is 38.8 Å². The van der Waals surface area contributed by atoms with Crippen molar-refractivity contribution in [1.29, 1.82) is 0 Å². The Kier molecular flexibility index (Phi) is 4.86. The number of rotatable bonds is 6. The fourth-order valence-electron chi connectivity index (χ4n) is 3.41. The summed E-state index contributed by atoms with van der Waals surface area (Å²) in [6.45, 7) is 2.56. The molecule has 0 aliphatic heterocycles. The summed E-state index contributed by atoms with van der Waals surface area (Å²) in [5.41, 5.74) is 1.28. The highest BCUT2D eigenvalue weighted by atomic mass is 32.1. The van der Waals surface area contributed by atoms with Gasteiger partial charge in [-0.25, -0.2) is 4.98 Å². The van der Waals surface area contributed by atoms with Crippen molar-refractivity contribution in [3.63, 3.8) is 0 Å². The number of hydrogen-bond acceptors (Lipinski definition) is 7. The second-order valence-corrected chi connectivity index (χ2v) is 7.97. The zero-order chi connectivity index (χ0) is 18.1. The van der Waals surface area contributed by atoms with E-state index in [2.05, 4.69) is 27.4 Å². The smallest absolute Gasteiger partial charge is 0.262 e. The Bertz CT molecular complexity index is 974. The Labute approximate surface area is 155 Å². The van der Waals surface area contributed by atoms with Gasteiger partial charge in [0.1, 0.15) is 4.83 Å². The van der Waals surface area contributed by atoms with E-state index in [1.807, 2.05) is 7.05 Å². The van der Waals surface area contributed by atoms with E-state index in [0.29, 0.717) is 37.1 Å². The molecule has 8 heteroatoms. The molecule has 0 aromatic carbocycles. The Hall–Kier alpha value is -2.06. The molecule has 3 heterocycles. The van der Waals surface area contributed by atoms with Crippen LogP contribution in [-0.2, 0) is 32.2 Å². The van der Waals surface area contributed by atoms with Crippen LogP contribution in [-0.4, -0.2) is 32.8 Å². The zero-order valence-corrected chi connectivity index (χ0v) is 15.9. The van der Waals surface area contributed by atoms with Crippen LogP contribution in [0.2, 0.25) is 0 Å². The molecular weight excluding hydrogens is 350 g/mol. The second-order valence-electron chi connectivity index (χ2n) is 6.88. The lowest BCUT2D eigenvalue weighted by Gasteiger charge is -2.10. The Morgan fingerprint density at radius 1 is 1.38 bits per heavy atom. The van der Waals surface area contributed by atoms with Gasteiger partial charge in [-0.15, -0.1) is 11.3 Å². The van der Waals surface area contributed by atoms with Gasteiger partial charge < -0.3 is 9.84 Å². The van der Waals surface area contributed by atoms with Gasteiger partial charge in [-0.05, 0) is 45.2 Å². The third kappa shape index (κ3) is 3.31. The number of nitrogens with zero attached hydrogens (tertiary/aromatic N) is 4. The molecule has 0 amide bonds. The molecule has 1 N–H and O–H groups in total. The summed E-state index contributed by atoms with van der Waals surface area (Å²) in [7, 11) is 1.91. The maximum absolute atomic E-state index is 12.9. The van der Waals surface area contributed by atoms with Gasteiger partial charge in [0.05, 0.1) is 11.7 Å². The maximum atomic E-state index is 12.9. The van der Waals surface area contributed by atoms with E-state index in [1.54, 1.807) is 22.2 Å². The zero-order valence-electron chi connectivity index (χ0n) is 15.1. The van der Waals surface area contributed by atoms with Crippen molar-refractivity contribution in [3.8, 4) is 0 Å². The molecule has 26 heavy (non-hydrogen) atoms. The van der Waals surface area contributed by atoms with E-state index in [1.165, 1.54) is 16.9 Å². The summed E-state index contributed by atoms with van der Waals surface area (Å²) in [6, 6.07) is 0.291. The third-order valence-corrected chi connectivity index (χ3v) is 6.20. The molecule has 3 aromatic rings. The predicted molar refractivity (Wildman–Crippen MR) is 101 cm³/mol. The molecule has 138 valence electrons. The SMILES string of the molecule is CNC(C)Cc1noc(CCn2cnc3sc4c(c3c2=O)CCCC4)n1. The van der Waals surface area contributed by atoms with Crippen molar-refractivity contribution < 1.29 is 4.52 Å². The quantitative estimate of drug-likeness (QED) is 0.712. The van der Waals surface area contributed by atoms with Gasteiger partial charge in [0.2, 0.25) is 5.89 Å². The first kappa shape index (κ1) is 17.4. The van der Waals surface area contributed by atoms with E-state index in [9.17, 15) is 4.79 Å². The normalized spacial score (nSPS) is 15.3. The molecule has 1 atom stereocenters. The lowest BCUT2D eigenvalue weighted by molar-refractivity contribution is 0.364. The number of aryl methyl sites for hydroxylation is 4. The monoisotopic (exact) mass is 373 g/mol. The van der Waals surface area contributed by atoms with Gasteiger partial charge in [0.25, 0.3) is 5.56 Å². The summed E-state index contributed by atoms with van der Waals surface area (Å²) in [4.78, 5) is 24.1. The van der Waals surface area contributed by atoms with E-state index in [4.69, 9.17) is 4.52 Å². The van der Waals surface area contributed by atoms with Gasteiger partial charge >= 0.3 is 0 Å². The van der Waals surface area contributed by atoms with Gasteiger partial charge in [-0.2, -0.15) is 4.98 Å². The molecule has 3 aromatic heterocycles. The first-order valence-electron chi connectivity index (χ1n) is 9.14. The molecule has 1 aliphatic carbocycles. The molecule has 0 radical (unpaired) electrons. The van der Waals surface area contributed by atoms with Crippen LogP contribution in [0.5, 0.6) is 0 Å². The van der Waals surface area contributed by atoms with Crippen molar-refractivity contribution in [2.45, 2.75) is 58.0 Å². The summed E-state index contributed by atoms with van der Waals surface area (Å²) in [5.74, 6) is 1.25. The van der Waals surface area contributed by atoms with Gasteiger partial charge in [0, 0.05) is 30.3 Å². The predicted octanol–water partition coefficient (Wildman–Crippen LogP) is 2.11. The molecule has 0 saturated heterocycles.